The molecule has 0 spiro atoms. The zero-order chi connectivity index (χ0) is 21.3. The van der Waals surface area contributed by atoms with Crippen LogP contribution >= 0.6 is 23.1 Å². The summed E-state index contributed by atoms with van der Waals surface area (Å²) >= 11 is 2.72. The number of hydrogen-bond donors (Lipinski definition) is 1. The summed E-state index contributed by atoms with van der Waals surface area (Å²) in [6, 6.07) is 13.2. The van der Waals surface area contributed by atoms with E-state index in [4.69, 9.17) is 4.74 Å². The number of amides is 1. The predicted octanol–water partition coefficient (Wildman–Crippen LogP) is 4.17. The van der Waals surface area contributed by atoms with Crippen molar-refractivity contribution >= 4 is 34.8 Å². The van der Waals surface area contributed by atoms with Crippen molar-refractivity contribution in [2.75, 3.05) is 19.4 Å². The molecule has 0 atom stereocenters. The topological polar surface area (TPSA) is 68.3 Å². The van der Waals surface area contributed by atoms with Gasteiger partial charge in [-0.15, -0.1) is 11.3 Å². The molecular formula is C22H21FN2O3S2. The molecule has 0 aliphatic rings. The molecule has 0 bridgehead atoms. The van der Waals surface area contributed by atoms with Gasteiger partial charge in [0.05, 0.1) is 25.0 Å². The lowest BCUT2D eigenvalue weighted by molar-refractivity contribution is -0.120. The van der Waals surface area contributed by atoms with Crippen LogP contribution in [0.15, 0.2) is 58.3 Å². The maximum atomic E-state index is 12.9. The molecule has 3 rings (SSSR count). The smallest absolute Gasteiger partial charge is 0.226 e. The molecule has 0 aliphatic heterocycles. The second kappa shape index (κ2) is 10.9. The first-order valence-corrected chi connectivity index (χ1v) is 11.2. The molecule has 30 heavy (non-hydrogen) atoms. The molecule has 2 aromatic carbocycles. The monoisotopic (exact) mass is 444 g/mol. The summed E-state index contributed by atoms with van der Waals surface area (Å²) in [5, 5.41) is 4.72. The maximum Gasteiger partial charge on any atom is 0.226 e. The highest BCUT2D eigenvalue weighted by molar-refractivity contribution is 8.01. The molecule has 0 saturated carbocycles. The first-order chi connectivity index (χ1) is 14.5. The van der Waals surface area contributed by atoms with Gasteiger partial charge in [0.15, 0.2) is 10.1 Å². The number of carbonyl (C=O) groups is 2. The van der Waals surface area contributed by atoms with E-state index in [0.29, 0.717) is 24.2 Å². The first kappa shape index (κ1) is 22.0. The number of Topliss-reactive ketones (excluding diaryl/α,β-unsaturated/α-hetero) is 1. The molecule has 0 fully saturated rings. The summed E-state index contributed by atoms with van der Waals surface area (Å²) in [7, 11) is 1.62. The van der Waals surface area contributed by atoms with Crippen molar-refractivity contribution in [3.05, 3.63) is 76.5 Å². The zero-order valence-electron chi connectivity index (χ0n) is 16.4. The average Bonchev–Trinajstić information content (AvgIpc) is 3.20. The highest BCUT2D eigenvalue weighted by atomic mass is 32.2. The average molecular weight is 445 g/mol. The van der Waals surface area contributed by atoms with Gasteiger partial charge in [-0.25, -0.2) is 9.37 Å². The number of aromatic nitrogens is 1. The normalized spacial score (nSPS) is 10.6. The number of carbonyl (C=O) groups excluding carboxylic acids is 2. The molecule has 156 valence electrons. The van der Waals surface area contributed by atoms with E-state index in [2.05, 4.69) is 10.3 Å². The van der Waals surface area contributed by atoms with Gasteiger partial charge in [0.25, 0.3) is 0 Å². The number of ketones is 1. The number of halogens is 1. The quantitative estimate of drug-likeness (QED) is 0.376. The van der Waals surface area contributed by atoms with Gasteiger partial charge in [0, 0.05) is 17.5 Å². The Balaban J connectivity index is 1.41. The van der Waals surface area contributed by atoms with E-state index in [-0.39, 0.29) is 29.7 Å². The van der Waals surface area contributed by atoms with Gasteiger partial charge in [-0.05, 0) is 48.4 Å². The summed E-state index contributed by atoms with van der Waals surface area (Å²) in [6.07, 6.45) is 0.910. The van der Waals surface area contributed by atoms with Crippen LogP contribution in [-0.2, 0) is 17.6 Å². The lowest BCUT2D eigenvalue weighted by Gasteiger charge is -2.06. The van der Waals surface area contributed by atoms with E-state index < -0.39 is 0 Å². The molecular weight excluding hydrogens is 423 g/mol. The third-order valence-corrected chi connectivity index (χ3v) is 6.31. The van der Waals surface area contributed by atoms with Crippen LogP contribution in [0.3, 0.4) is 0 Å². The van der Waals surface area contributed by atoms with Crippen molar-refractivity contribution in [1.82, 2.24) is 10.3 Å². The number of thiazole rings is 1. The van der Waals surface area contributed by atoms with E-state index in [0.717, 1.165) is 15.7 Å². The standard InChI is InChI=1S/C22H21FN2O3S2/c1-28-19-4-2-3-15(11-19)9-10-24-21(27)12-18-13-29-22(25-18)30-14-20(26)16-5-7-17(23)8-6-16/h2-8,11,13H,9-10,12,14H2,1H3,(H,24,27). The molecule has 0 radical (unpaired) electrons. The SMILES string of the molecule is COc1cccc(CCNC(=O)Cc2csc(SCC(=O)c3ccc(F)cc3)n2)c1. The van der Waals surface area contributed by atoms with Crippen LogP contribution in [0.25, 0.3) is 0 Å². The number of ether oxygens (including phenoxy) is 1. The van der Waals surface area contributed by atoms with Crippen LogP contribution < -0.4 is 10.1 Å². The summed E-state index contributed by atoms with van der Waals surface area (Å²) in [4.78, 5) is 28.7. The van der Waals surface area contributed by atoms with Crippen LogP contribution in [0.4, 0.5) is 4.39 Å². The Labute approximate surface area is 182 Å². The molecule has 0 saturated heterocycles. The summed E-state index contributed by atoms with van der Waals surface area (Å²) in [5.74, 6) is 0.453. The fourth-order valence-corrected chi connectivity index (χ4v) is 4.42. The highest BCUT2D eigenvalue weighted by Crippen LogP contribution is 2.24. The Morgan fingerprint density at radius 3 is 2.77 bits per heavy atom. The van der Waals surface area contributed by atoms with Gasteiger partial charge in [-0.1, -0.05) is 23.9 Å². The minimum absolute atomic E-state index is 0.0907. The predicted molar refractivity (Wildman–Crippen MR) is 117 cm³/mol. The number of nitrogens with zero attached hydrogens (tertiary/aromatic N) is 1. The molecule has 3 aromatic rings. The summed E-state index contributed by atoms with van der Waals surface area (Å²) in [5.41, 5.74) is 2.24. The van der Waals surface area contributed by atoms with Crippen molar-refractivity contribution in [2.24, 2.45) is 0 Å². The van der Waals surface area contributed by atoms with Crippen LogP contribution in [0, 0.1) is 5.82 Å². The summed E-state index contributed by atoms with van der Waals surface area (Å²) < 4.78 is 18.9. The van der Waals surface area contributed by atoms with Crippen LogP contribution in [-0.4, -0.2) is 36.1 Å². The van der Waals surface area contributed by atoms with E-state index in [9.17, 15) is 14.0 Å². The molecule has 8 heteroatoms. The minimum Gasteiger partial charge on any atom is -0.497 e. The Hall–Kier alpha value is -2.71. The van der Waals surface area contributed by atoms with Crippen molar-refractivity contribution in [3.63, 3.8) is 0 Å². The van der Waals surface area contributed by atoms with Crippen LogP contribution in [0.5, 0.6) is 5.75 Å². The fourth-order valence-electron chi connectivity index (χ4n) is 2.68. The number of benzene rings is 2. The maximum absolute atomic E-state index is 12.9. The van der Waals surface area contributed by atoms with Crippen molar-refractivity contribution in [2.45, 2.75) is 17.2 Å². The van der Waals surface area contributed by atoms with E-state index in [1.807, 2.05) is 29.6 Å². The number of rotatable bonds is 10. The van der Waals surface area contributed by atoms with Gasteiger partial charge >= 0.3 is 0 Å². The number of hydrogen-bond acceptors (Lipinski definition) is 6. The largest absolute Gasteiger partial charge is 0.497 e. The fraction of sp³-hybridized carbons (Fsp3) is 0.227. The van der Waals surface area contributed by atoms with Crippen molar-refractivity contribution in [1.29, 1.82) is 0 Å². The molecule has 0 aliphatic carbocycles. The molecule has 1 amide bonds. The van der Waals surface area contributed by atoms with E-state index >= 15 is 0 Å². The van der Waals surface area contributed by atoms with Gasteiger partial charge in [0.1, 0.15) is 11.6 Å². The third-order valence-electron chi connectivity index (χ3n) is 4.24. The Kier molecular flexibility index (Phi) is 7.98. The second-order valence-electron chi connectivity index (χ2n) is 6.45. The van der Waals surface area contributed by atoms with Gasteiger partial charge < -0.3 is 10.1 Å². The number of thioether (sulfide) groups is 1. The van der Waals surface area contributed by atoms with Crippen LogP contribution in [0.2, 0.25) is 0 Å². The zero-order valence-corrected chi connectivity index (χ0v) is 18.0. The van der Waals surface area contributed by atoms with E-state index in [1.165, 1.54) is 47.4 Å². The van der Waals surface area contributed by atoms with Crippen LogP contribution in [0.1, 0.15) is 21.6 Å². The minimum atomic E-state index is -0.370. The third kappa shape index (κ3) is 6.67. The van der Waals surface area contributed by atoms with Crippen molar-refractivity contribution < 1.29 is 18.7 Å². The molecule has 1 N–H and O–H groups in total. The summed E-state index contributed by atoms with van der Waals surface area (Å²) in [6.45, 7) is 0.532. The number of nitrogens with one attached hydrogen (secondary N) is 1. The van der Waals surface area contributed by atoms with Gasteiger partial charge in [-0.3, -0.25) is 9.59 Å². The second-order valence-corrected chi connectivity index (χ2v) is 8.53. The Bertz CT molecular complexity index is 1010. The molecule has 5 nitrogen and oxygen atoms in total. The lowest BCUT2D eigenvalue weighted by Crippen LogP contribution is -2.27. The Morgan fingerprint density at radius 2 is 2.00 bits per heavy atom. The van der Waals surface area contributed by atoms with Gasteiger partial charge in [0.2, 0.25) is 5.91 Å². The molecule has 0 unspecified atom stereocenters. The van der Waals surface area contributed by atoms with Gasteiger partial charge in [-0.2, -0.15) is 0 Å². The Morgan fingerprint density at radius 1 is 1.20 bits per heavy atom. The molecule has 1 heterocycles. The number of methoxy groups -OCH3 is 1. The van der Waals surface area contributed by atoms with E-state index in [1.54, 1.807) is 7.11 Å². The highest BCUT2D eigenvalue weighted by Gasteiger charge is 2.11. The molecule has 1 aromatic heterocycles. The lowest BCUT2D eigenvalue weighted by atomic mass is 10.1. The van der Waals surface area contributed by atoms with Crippen molar-refractivity contribution in [3.8, 4) is 5.75 Å². The first-order valence-electron chi connectivity index (χ1n) is 9.29.